The van der Waals surface area contributed by atoms with Crippen molar-refractivity contribution in [2.24, 2.45) is 5.41 Å². The standard InChI is InChI=1S/C18H17ClF4O2/c1-2-3-6-17-8-10-9(4-5-11(24)16(10)19)14(17)15(18(21,22)23)12(25)7-13(17)20/h4-5,13,24H,2-3,6-8H2,1H3. The van der Waals surface area contributed by atoms with Crippen molar-refractivity contribution in [1.82, 2.24) is 0 Å². The number of alkyl halides is 4. The highest BCUT2D eigenvalue weighted by molar-refractivity contribution is 6.33. The molecule has 25 heavy (non-hydrogen) atoms. The number of ketones is 1. The lowest BCUT2D eigenvalue weighted by Crippen LogP contribution is -2.42. The fourth-order valence-electron chi connectivity index (χ4n) is 4.10. The van der Waals surface area contributed by atoms with E-state index in [4.69, 9.17) is 11.6 Å². The molecule has 0 aromatic heterocycles. The van der Waals surface area contributed by atoms with Crippen LogP contribution < -0.4 is 0 Å². The zero-order valence-electron chi connectivity index (χ0n) is 13.5. The number of hydrogen-bond donors (Lipinski definition) is 1. The monoisotopic (exact) mass is 376 g/mol. The number of phenolic OH excluding ortho intramolecular Hbond substituents is 1. The third-order valence-corrected chi connectivity index (χ3v) is 5.66. The number of benzene rings is 1. The molecule has 0 aliphatic heterocycles. The van der Waals surface area contributed by atoms with Crippen LogP contribution in [0.3, 0.4) is 0 Å². The summed E-state index contributed by atoms with van der Waals surface area (Å²) in [7, 11) is 0. The van der Waals surface area contributed by atoms with Crippen LogP contribution in [0.25, 0.3) is 5.57 Å². The van der Waals surface area contributed by atoms with Crippen molar-refractivity contribution in [3.05, 3.63) is 33.9 Å². The van der Waals surface area contributed by atoms with Crippen LogP contribution in [-0.4, -0.2) is 23.2 Å². The summed E-state index contributed by atoms with van der Waals surface area (Å²) in [4.78, 5) is 12.1. The average Bonchev–Trinajstić information content (AvgIpc) is 2.84. The molecule has 0 spiro atoms. The van der Waals surface area contributed by atoms with Gasteiger partial charge in [0.15, 0.2) is 5.78 Å². The van der Waals surface area contributed by atoms with Crippen molar-refractivity contribution >= 4 is 23.0 Å². The second-order valence-corrected chi connectivity index (χ2v) is 7.08. The van der Waals surface area contributed by atoms with Crippen LogP contribution in [0.2, 0.25) is 5.02 Å². The van der Waals surface area contributed by atoms with Crippen LogP contribution >= 0.6 is 11.6 Å². The van der Waals surface area contributed by atoms with Crippen LogP contribution in [0.15, 0.2) is 17.7 Å². The van der Waals surface area contributed by atoms with Crippen molar-refractivity contribution in [1.29, 1.82) is 0 Å². The van der Waals surface area contributed by atoms with Gasteiger partial charge in [-0.15, -0.1) is 0 Å². The van der Waals surface area contributed by atoms with Crippen LogP contribution in [0.1, 0.15) is 43.7 Å². The Balaban J connectivity index is 2.35. The number of halogens is 5. The van der Waals surface area contributed by atoms with Crippen LogP contribution in [-0.2, 0) is 11.2 Å². The summed E-state index contributed by atoms with van der Waals surface area (Å²) in [6.45, 7) is 1.87. The third-order valence-electron chi connectivity index (χ3n) is 5.24. The first-order valence-corrected chi connectivity index (χ1v) is 8.51. The summed E-state index contributed by atoms with van der Waals surface area (Å²) in [5, 5.41) is 9.72. The van der Waals surface area contributed by atoms with Gasteiger partial charge in [0, 0.05) is 11.8 Å². The van der Waals surface area contributed by atoms with Crippen molar-refractivity contribution in [3.8, 4) is 5.75 Å². The molecular formula is C18H17ClF4O2. The minimum Gasteiger partial charge on any atom is -0.506 e. The summed E-state index contributed by atoms with van der Waals surface area (Å²) in [5.74, 6) is -1.49. The van der Waals surface area contributed by atoms with Gasteiger partial charge in [-0.2, -0.15) is 13.2 Å². The van der Waals surface area contributed by atoms with E-state index in [0.717, 1.165) is 0 Å². The van der Waals surface area contributed by atoms with Gasteiger partial charge in [-0.3, -0.25) is 4.79 Å². The smallest absolute Gasteiger partial charge is 0.420 e. The Labute approximate surface area is 147 Å². The Morgan fingerprint density at radius 3 is 2.64 bits per heavy atom. The van der Waals surface area contributed by atoms with E-state index in [9.17, 15) is 27.5 Å². The van der Waals surface area contributed by atoms with Crippen LogP contribution in [0.5, 0.6) is 5.75 Å². The number of hydrogen-bond acceptors (Lipinski definition) is 2. The molecule has 1 aromatic rings. The number of aromatic hydroxyl groups is 1. The van der Waals surface area contributed by atoms with Gasteiger partial charge >= 0.3 is 6.18 Å². The predicted molar refractivity (Wildman–Crippen MR) is 86.3 cm³/mol. The molecule has 0 heterocycles. The SMILES string of the molecule is CCCCC12Cc3c(ccc(O)c3Cl)C1=C(C(F)(F)F)C(=O)CC2F. The molecule has 0 saturated heterocycles. The molecule has 2 nitrogen and oxygen atoms in total. The van der Waals surface area contributed by atoms with E-state index in [2.05, 4.69) is 0 Å². The number of phenols is 1. The Kier molecular flexibility index (Phi) is 4.38. The summed E-state index contributed by atoms with van der Waals surface area (Å²) >= 11 is 6.08. The Hall–Kier alpha value is -1.56. The molecule has 2 aliphatic carbocycles. The zero-order chi connectivity index (χ0) is 18.6. The van der Waals surface area contributed by atoms with Gasteiger partial charge in [-0.25, -0.2) is 4.39 Å². The molecule has 0 fully saturated rings. The highest BCUT2D eigenvalue weighted by Crippen LogP contribution is 2.61. The molecule has 2 aliphatic rings. The van der Waals surface area contributed by atoms with Crippen molar-refractivity contribution in [2.45, 2.75) is 51.4 Å². The molecule has 1 N–H and O–H groups in total. The molecule has 2 unspecified atom stereocenters. The van der Waals surface area contributed by atoms with E-state index < -0.39 is 35.5 Å². The maximum absolute atomic E-state index is 15.0. The number of rotatable bonds is 3. The minimum atomic E-state index is -4.87. The maximum atomic E-state index is 15.0. The predicted octanol–water partition coefficient (Wildman–Crippen LogP) is 5.41. The fraction of sp³-hybridized carbons (Fsp3) is 0.500. The van der Waals surface area contributed by atoms with E-state index >= 15 is 0 Å². The summed E-state index contributed by atoms with van der Waals surface area (Å²) in [5.41, 5.74) is -2.56. The first kappa shape index (κ1) is 18.2. The molecule has 0 bridgehead atoms. The van der Waals surface area contributed by atoms with Gasteiger partial charge in [-0.1, -0.05) is 37.4 Å². The second-order valence-electron chi connectivity index (χ2n) is 6.70. The normalized spacial score (nSPS) is 26.0. The topological polar surface area (TPSA) is 37.3 Å². The van der Waals surface area contributed by atoms with Gasteiger partial charge in [0.05, 0.1) is 5.02 Å². The van der Waals surface area contributed by atoms with Gasteiger partial charge in [0.25, 0.3) is 0 Å². The Morgan fingerprint density at radius 2 is 2.04 bits per heavy atom. The highest BCUT2D eigenvalue weighted by atomic mass is 35.5. The van der Waals surface area contributed by atoms with E-state index in [1.165, 1.54) is 12.1 Å². The number of carbonyl (C=O) groups is 1. The lowest BCUT2D eigenvalue weighted by Gasteiger charge is -2.39. The van der Waals surface area contributed by atoms with E-state index in [1.807, 2.05) is 6.92 Å². The maximum Gasteiger partial charge on any atom is 0.420 e. The number of unbranched alkanes of at least 4 members (excludes halogenated alkanes) is 1. The van der Waals surface area contributed by atoms with E-state index in [1.54, 1.807) is 0 Å². The number of fused-ring (bicyclic) bond motifs is 3. The quantitative estimate of drug-likeness (QED) is 0.717. The molecule has 2 atom stereocenters. The third kappa shape index (κ3) is 2.65. The van der Waals surface area contributed by atoms with Crippen molar-refractivity contribution in [2.75, 3.05) is 0 Å². The molecule has 7 heteroatoms. The molecule has 3 rings (SSSR count). The van der Waals surface area contributed by atoms with Crippen molar-refractivity contribution in [3.63, 3.8) is 0 Å². The second kappa shape index (κ2) is 6.01. The zero-order valence-corrected chi connectivity index (χ0v) is 14.3. The van der Waals surface area contributed by atoms with E-state index in [0.29, 0.717) is 12.8 Å². The largest absolute Gasteiger partial charge is 0.506 e. The minimum absolute atomic E-state index is 0.0427. The van der Waals surface area contributed by atoms with Gasteiger partial charge in [0.1, 0.15) is 17.5 Å². The highest BCUT2D eigenvalue weighted by Gasteiger charge is 2.58. The van der Waals surface area contributed by atoms with Crippen LogP contribution in [0.4, 0.5) is 17.6 Å². The molecule has 1 aromatic carbocycles. The lowest BCUT2D eigenvalue weighted by molar-refractivity contribution is -0.132. The molecule has 0 radical (unpaired) electrons. The molecular weight excluding hydrogens is 360 g/mol. The molecule has 136 valence electrons. The van der Waals surface area contributed by atoms with Gasteiger partial charge in [-0.05, 0) is 35.6 Å². The molecule has 0 amide bonds. The van der Waals surface area contributed by atoms with Crippen molar-refractivity contribution < 1.29 is 27.5 Å². The summed E-state index contributed by atoms with van der Waals surface area (Å²) in [6.07, 6.45) is -5.99. The molecule has 0 saturated carbocycles. The lowest BCUT2D eigenvalue weighted by atomic mass is 9.65. The fourth-order valence-corrected chi connectivity index (χ4v) is 4.33. The summed E-state index contributed by atoms with van der Waals surface area (Å²) < 4.78 is 55.9. The first-order valence-electron chi connectivity index (χ1n) is 8.13. The first-order chi connectivity index (χ1) is 11.6. The van der Waals surface area contributed by atoms with Crippen LogP contribution in [0, 0.1) is 5.41 Å². The average molecular weight is 377 g/mol. The van der Waals surface area contributed by atoms with E-state index in [-0.39, 0.29) is 40.3 Å². The number of allylic oxidation sites excluding steroid dienone is 2. The summed E-state index contributed by atoms with van der Waals surface area (Å²) in [6, 6.07) is 2.49. The number of carbonyl (C=O) groups excluding carboxylic acids is 1. The Bertz CT molecular complexity index is 769. The van der Waals surface area contributed by atoms with Gasteiger partial charge in [0.2, 0.25) is 0 Å². The van der Waals surface area contributed by atoms with Gasteiger partial charge < -0.3 is 5.11 Å². The number of Topliss-reactive ketones (excluding diaryl/α,β-unsaturated/α-hetero) is 1. The Morgan fingerprint density at radius 1 is 1.36 bits per heavy atom.